The number of aromatic nitrogens is 1. The van der Waals surface area contributed by atoms with E-state index in [9.17, 15) is 30.7 Å². The molecule has 0 spiro atoms. The van der Waals surface area contributed by atoms with Crippen LogP contribution in [0.15, 0.2) is 36.5 Å². The Bertz CT molecular complexity index is 662. The molecule has 0 radical (unpaired) electrons. The zero-order chi connectivity index (χ0) is 16.5. The Labute approximate surface area is 119 Å². The van der Waals surface area contributed by atoms with E-state index in [1.54, 1.807) is 0 Å². The van der Waals surface area contributed by atoms with Gasteiger partial charge in [0.2, 0.25) is 0 Å². The standard InChI is InChI=1S/C13H6F7NO/c14-10-5-8(12(15,16)17)6-21-11(10)7-1-3-9(4-2-7)22-13(18,19)20/h1-6H. The minimum atomic E-state index is -4.88. The van der Waals surface area contributed by atoms with E-state index in [2.05, 4.69) is 9.72 Å². The molecular formula is C13H6F7NO. The van der Waals surface area contributed by atoms with E-state index < -0.39 is 35.4 Å². The Hall–Kier alpha value is -2.32. The first kappa shape index (κ1) is 16.1. The van der Waals surface area contributed by atoms with Crippen LogP contribution >= 0.6 is 0 Å². The first-order chi connectivity index (χ1) is 10.1. The monoisotopic (exact) mass is 325 g/mol. The van der Waals surface area contributed by atoms with E-state index in [1.165, 1.54) is 0 Å². The first-order valence-corrected chi connectivity index (χ1v) is 5.65. The number of pyridine rings is 1. The summed E-state index contributed by atoms with van der Waals surface area (Å²) in [5.41, 5.74) is -1.65. The summed E-state index contributed by atoms with van der Waals surface area (Å²) in [6.07, 6.45) is -9.17. The number of benzene rings is 1. The molecule has 0 aliphatic carbocycles. The average molecular weight is 325 g/mol. The number of halogens is 7. The van der Waals surface area contributed by atoms with Crippen molar-refractivity contribution in [3.63, 3.8) is 0 Å². The lowest BCUT2D eigenvalue weighted by molar-refractivity contribution is -0.274. The largest absolute Gasteiger partial charge is 0.573 e. The predicted molar refractivity (Wildman–Crippen MR) is 61.3 cm³/mol. The van der Waals surface area contributed by atoms with Crippen LogP contribution in [-0.2, 0) is 6.18 Å². The van der Waals surface area contributed by atoms with Crippen molar-refractivity contribution in [1.82, 2.24) is 4.98 Å². The van der Waals surface area contributed by atoms with Crippen LogP contribution < -0.4 is 4.74 Å². The van der Waals surface area contributed by atoms with Crippen LogP contribution in [0, 0.1) is 5.82 Å². The lowest BCUT2D eigenvalue weighted by Gasteiger charge is -2.10. The minimum Gasteiger partial charge on any atom is -0.406 e. The van der Waals surface area contributed by atoms with Gasteiger partial charge in [-0.2, -0.15) is 13.2 Å². The fourth-order valence-corrected chi connectivity index (χ4v) is 1.62. The fourth-order valence-electron chi connectivity index (χ4n) is 1.62. The number of hydrogen-bond acceptors (Lipinski definition) is 2. The van der Waals surface area contributed by atoms with Crippen LogP contribution in [0.25, 0.3) is 11.3 Å². The molecule has 1 heterocycles. The van der Waals surface area contributed by atoms with Gasteiger partial charge in [-0.05, 0) is 30.3 Å². The smallest absolute Gasteiger partial charge is 0.406 e. The lowest BCUT2D eigenvalue weighted by atomic mass is 10.1. The van der Waals surface area contributed by atoms with Gasteiger partial charge < -0.3 is 4.74 Å². The van der Waals surface area contributed by atoms with Crippen LogP contribution in [0.2, 0.25) is 0 Å². The minimum absolute atomic E-state index is 0.0146. The Balaban J connectivity index is 2.29. The van der Waals surface area contributed by atoms with Gasteiger partial charge in [-0.25, -0.2) is 4.39 Å². The lowest BCUT2D eigenvalue weighted by Crippen LogP contribution is -2.16. The third-order valence-corrected chi connectivity index (χ3v) is 2.53. The van der Waals surface area contributed by atoms with E-state index in [4.69, 9.17) is 0 Å². The predicted octanol–water partition coefficient (Wildman–Crippen LogP) is 4.81. The van der Waals surface area contributed by atoms with Crippen LogP contribution in [0.1, 0.15) is 5.56 Å². The van der Waals surface area contributed by atoms with E-state index in [-0.39, 0.29) is 11.6 Å². The number of rotatable bonds is 2. The van der Waals surface area contributed by atoms with Crippen LogP contribution in [-0.4, -0.2) is 11.3 Å². The highest BCUT2D eigenvalue weighted by Gasteiger charge is 2.32. The Morgan fingerprint density at radius 3 is 1.95 bits per heavy atom. The third-order valence-electron chi connectivity index (χ3n) is 2.53. The molecular weight excluding hydrogens is 319 g/mol. The molecule has 0 atom stereocenters. The zero-order valence-electron chi connectivity index (χ0n) is 10.5. The van der Waals surface area contributed by atoms with Crippen molar-refractivity contribution in [3.8, 4) is 17.0 Å². The van der Waals surface area contributed by atoms with Gasteiger partial charge in [0.25, 0.3) is 0 Å². The number of nitrogens with zero attached hydrogens (tertiary/aromatic N) is 1. The average Bonchev–Trinajstić information content (AvgIpc) is 2.37. The third kappa shape index (κ3) is 3.86. The maximum absolute atomic E-state index is 13.7. The molecule has 0 amide bonds. The fraction of sp³-hybridized carbons (Fsp3) is 0.154. The molecule has 0 aliphatic rings. The number of ether oxygens (including phenoxy) is 1. The molecule has 0 unspecified atom stereocenters. The highest BCUT2D eigenvalue weighted by atomic mass is 19.4. The maximum atomic E-state index is 13.7. The molecule has 1 aromatic heterocycles. The summed E-state index contributed by atoms with van der Waals surface area (Å²) < 4.78 is 90.4. The summed E-state index contributed by atoms with van der Waals surface area (Å²) in [7, 11) is 0. The van der Waals surface area contributed by atoms with Gasteiger partial charge in [-0.3, -0.25) is 4.98 Å². The van der Waals surface area contributed by atoms with Gasteiger partial charge in [0, 0.05) is 11.8 Å². The highest BCUT2D eigenvalue weighted by molar-refractivity contribution is 5.61. The second-order valence-electron chi connectivity index (χ2n) is 4.12. The van der Waals surface area contributed by atoms with Crippen molar-refractivity contribution in [2.45, 2.75) is 12.5 Å². The molecule has 22 heavy (non-hydrogen) atoms. The van der Waals surface area contributed by atoms with Crippen molar-refractivity contribution in [2.75, 3.05) is 0 Å². The molecule has 0 bridgehead atoms. The first-order valence-electron chi connectivity index (χ1n) is 5.65. The molecule has 2 nitrogen and oxygen atoms in total. The molecule has 2 rings (SSSR count). The van der Waals surface area contributed by atoms with Crippen molar-refractivity contribution in [3.05, 3.63) is 47.9 Å². The van der Waals surface area contributed by atoms with Gasteiger partial charge in [0.15, 0.2) is 0 Å². The van der Waals surface area contributed by atoms with Crippen molar-refractivity contribution < 1.29 is 35.5 Å². The zero-order valence-corrected chi connectivity index (χ0v) is 10.5. The Kier molecular flexibility index (Phi) is 3.99. The summed E-state index contributed by atoms with van der Waals surface area (Å²) in [4.78, 5) is 3.36. The van der Waals surface area contributed by atoms with Gasteiger partial charge >= 0.3 is 12.5 Å². The van der Waals surface area contributed by atoms with Gasteiger partial charge in [0.1, 0.15) is 17.3 Å². The van der Waals surface area contributed by atoms with Crippen LogP contribution in [0.3, 0.4) is 0 Å². The molecule has 0 fully saturated rings. The Morgan fingerprint density at radius 2 is 1.50 bits per heavy atom. The summed E-state index contributed by atoms with van der Waals surface area (Å²) in [6.45, 7) is 0. The SMILES string of the molecule is Fc1cc(C(F)(F)F)cnc1-c1ccc(OC(F)(F)F)cc1. The van der Waals surface area contributed by atoms with Crippen LogP contribution in [0.4, 0.5) is 30.7 Å². The Morgan fingerprint density at radius 1 is 0.909 bits per heavy atom. The van der Waals surface area contributed by atoms with Crippen molar-refractivity contribution in [1.29, 1.82) is 0 Å². The summed E-state index contributed by atoms with van der Waals surface area (Å²) in [5.74, 6) is -1.78. The molecule has 118 valence electrons. The molecule has 0 aliphatic heterocycles. The maximum Gasteiger partial charge on any atom is 0.573 e. The second-order valence-corrected chi connectivity index (χ2v) is 4.12. The molecule has 9 heteroatoms. The molecule has 0 N–H and O–H groups in total. The van der Waals surface area contributed by atoms with E-state index >= 15 is 0 Å². The van der Waals surface area contributed by atoms with Crippen molar-refractivity contribution in [2.24, 2.45) is 0 Å². The number of hydrogen-bond donors (Lipinski definition) is 0. The summed E-state index contributed by atoms with van der Waals surface area (Å²) in [5, 5.41) is 0. The normalized spacial score (nSPS) is 12.3. The highest BCUT2D eigenvalue weighted by Crippen LogP contribution is 2.32. The summed E-state index contributed by atoms with van der Waals surface area (Å²) >= 11 is 0. The number of alkyl halides is 6. The quantitative estimate of drug-likeness (QED) is 0.740. The molecule has 2 aromatic rings. The van der Waals surface area contributed by atoms with E-state index in [1.807, 2.05) is 0 Å². The van der Waals surface area contributed by atoms with Crippen LogP contribution in [0.5, 0.6) is 5.75 Å². The topological polar surface area (TPSA) is 22.1 Å². The van der Waals surface area contributed by atoms with Gasteiger partial charge in [-0.1, -0.05) is 0 Å². The molecule has 1 aromatic carbocycles. The molecule has 0 saturated carbocycles. The van der Waals surface area contributed by atoms with Crippen molar-refractivity contribution >= 4 is 0 Å². The van der Waals surface area contributed by atoms with E-state index in [0.29, 0.717) is 6.20 Å². The van der Waals surface area contributed by atoms with Gasteiger partial charge in [0.05, 0.1) is 5.56 Å². The summed E-state index contributed by atoms with van der Waals surface area (Å²) in [6, 6.07) is 4.19. The second kappa shape index (κ2) is 5.47. The van der Waals surface area contributed by atoms with Gasteiger partial charge in [-0.15, -0.1) is 13.2 Å². The molecule has 0 saturated heterocycles. The van der Waals surface area contributed by atoms with E-state index in [0.717, 1.165) is 24.3 Å².